The molecule has 1 saturated carbocycles. The Hall–Kier alpha value is -4.41. The molecule has 2 fully saturated rings. The first-order chi connectivity index (χ1) is 26.9. The lowest BCUT2D eigenvalue weighted by molar-refractivity contribution is -0.231. The van der Waals surface area contributed by atoms with Crippen molar-refractivity contribution in [3.05, 3.63) is 136 Å². The summed E-state index contributed by atoms with van der Waals surface area (Å²) >= 11 is 6.40. The summed E-state index contributed by atoms with van der Waals surface area (Å²) in [6, 6.07) is 30.1. The average Bonchev–Trinajstić information content (AvgIpc) is 4.03. The first-order valence-corrected chi connectivity index (χ1v) is 18.7. The Morgan fingerprint density at radius 1 is 0.732 bits per heavy atom. The Kier molecular flexibility index (Phi) is 17.7. The second-order valence-electron chi connectivity index (χ2n) is 13.6. The van der Waals surface area contributed by atoms with Gasteiger partial charge in [0.2, 0.25) is 0 Å². The van der Waals surface area contributed by atoms with Gasteiger partial charge in [-0.2, -0.15) is 0 Å². The van der Waals surface area contributed by atoms with E-state index >= 15 is 0 Å². The number of nitrogens with two attached hydrogens (primary N) is 2. The van der Waals surface area contributed by atoms with Crippen molar-refractivity contribution in [3.8, 4) is 5.75 Å². The zero-order valence-corrected chi connectivity index (χ0v) is 31.6. The van der Waals surface area contributed by atoms with E-state index in [9.17, 15) is 30.0 Å². The molecule has 302 valence electrons. The predicted molar refractivity (Wildman–Crippen MR) is 209 cm³/mol. The van der Waals surface area contributed by atoms with Gasteiger partial charge in [0, 0.05) is 5.02 Å². The monoisotopic (exact) mass is 794 g/mol. The standard InChI is InChI=1S/C24H29ClO7.2C9H11NO2/c25-19-8-3-15(24-23(29)22(28)21(27)20(13-26)32-24)12-16(19)11-14-1-4-17(5-2-14)30-9-10-31-18-6-7-18;2*10-8(9(11)12)6-7-4-2-1-3-5-7/h1-5,8,12,18,20-24,26-29H,6-7,9-11,13H2;2*1-5,8H,6,10H2,(H,11,12)/t20-,21-,22+,23-,24+;2*8-/m100/s1. The number of carboxylic acids is 2. The van der Waals surface area contributed by atoms with Gasteiger partial charge in [-0.05, 0) is 78.1 Å². The molecule has 0 amide bonds. The molecule has 1 aliphatic heterocycles. The highest BCUT2D eigenvalue weighted by Crippen LogP contribution is 2.34. The molecule has 4 aromatic carbocycles. The normalized spacial score (nSPS) is 21.3. The van der Waals surface area contributed by atoms with Crippen molar-refractivity contribution < 1.29 is 54.4 Å². The zero-order chi connectivity index (χ0) is 40.6. The minimum Gasteiger partial charge on any atom is -0.491 e. The number of aliphatic hydroxyl groups is 4. The Bertz CT molecular complexity index is 1720. The van der Waals surface area contributed by atoms with Crippen LogP contribution in [0.25, 0.3) is 0 Å². The van der Waals surface area contributed by atoms with Crippen LogP contribution in [0.15, 0.2) is 103 Å². The molecule has 0 radical (unpaired) electrons. The maximum absolute atomic E-state index is 10.4. The van der Waals surface area contributed by atoms with Crippen LogP contribution in [0.4, 0.5) is 0 Å². The highest BCUT2D eigenvalue weighted by molar-refractivity contribution is 6.31. The number of hydrogen-bond donors (Lipinski definition) is 8. The average molecular weight is 795 g/mol. The molecule has 13 nitrogen and oxygen atoms in total. The van der Waals surface area contributed by atoms with Crippen LogP contribution in [0.2, 0.25) is 5.02 Å². The summed E-state index contributed by atoms with van der Waals surface area (Å²) in [7, 11) is 0. The summed E-state index contributed by atoms with van der Waals surface area (Å²) in [4.78, 5) is 20.8. The van der Waals surface area contributed by atoms with Crippen molar-refractivity contribution in [2.75, 3.05) is 19.8 Å². The van der Waals surface area contributed by atoms with Gasteiger partial charge in [-0.25, -0.2) is 0 Å². The van der Waals surface area contributed by atoms with Crippen molar-refractivity contribution in [2.45, 2.75) is 80.8 Å². The number of aliphatic carboxylic acids is 2. The van der Waals surface area contributed by atoms with Gasteiger partial charge in [0.25, 0.3) is 0 Å². The highest BCUT2D eigenvalue weighted by Gasteiger charge is 2.44. The molecule has 4 aromatic rings. The molecule has 7 atom stereocenters. The van der Waals surface area contributed by atoms with Crippen LogP contribution in [-0.4, -0.2) is 105 Å². The fourth-order valence-electron chi connectivity index (χ4n) is 5.73. The highest BCUT2D eigenvalue weighted by atomic mass is 35.5. The number of halogens is 1. The van der Waals surface area contributed by atoms with Gasteiger partial charge >= 0.3 is 11.9 Å². The molecule has 1 aliphatic carbocycles. The van der Waals surface area contributed by atoms with Crippen molar-refractivity contribution in [3.63, 3.8) is 0 Å². The van der Waals surface area contributed by atoms with Gasteiger partial charge in [0.05, 0.1) is 19.3 Å². The van der Waals surface area contributed by atoms with Crippen molar-refractivity contribution >= 4 is 23.5 Å². The number of aliphatic hydroxyl groups excluding tert-OH is 4. The van der Waals surface area contributed by atoms with Crippen LogP contribution in [-0.2, 0) is 38.3 Å². The summed E-state index contributed by atoms with van der Waals surface area (Å²) in [5.41, 5.74) is 15.1. The van der Waals surface area contributed by atoms with Crippen molar-refractivity contribution in [1.29, 1.82) is 0 Å². The zero-order valence-electron chi connectivity index (χ0n) is 30.8. The Morgan fingerprint density at radius 3 is 1.79 bits per heavy atom. The van der Waals surface area contributed by atoms with Gasteiger partial charge in [-0.3, -0.25) is 9.59 Å². The predicted octanol–water partition coefficient (Wildman–Crippen LogP) is 3.29. The van der Waals surface area contributed by atoms with E-state index in [4.69, 9.17) is 47.5 Å². The summed E-state index contributed by atoms with van der Waals surface area (Å²) < 4.78 is 16.9. The summed E-state index contributed by atoms with van der Waals surface area (Å²) in [6.07, 6.45) is -1.96. The molecule has 6 rings (SSSR count). The molecule has 0 unspecified atom stereocenters. The molecule has 1 saturated heterocycles. The number of benzene rings is 4. The number of ether oxygens (including phenoxy) is 3. The van der Waals surface area contributed by atoms with E-state index in [0.29, 0.717) is 49.2 Å². The molecule has 0 bridgehead atoms. The molecule has 0 spiro atoms. The third-order valence-electron chi connectivity index (χ3n) is 9.07. The number of carbonyl (C=O) groups is 2. The fourth-order valence-corrected chi connectivity index (χ4v) is 5.91. The van der Waals surface area contributed by atoms with Crippen LogP contribution >= 0.6 is 11.6 Å². The minimum atomic E-state index is -1.42. The minimum absolute atomic E-state index is 0.385. The lowest BCUT2D eigenvalue weighted by atomic mass is 9.90. The molecule has 14 heteroatoms. The quantitative estimate of drug-likeness (QED) is 0.0808. The van der Waals surface area contributed by atoms with Crippen molar-refractivity contribution in [2.24, 2.45) is 11.5 Å². The van der Waals surface area contributed by atoms with E-state index in [1.165, 1.54) is 0 Å². The van der Waals surface area contributed by atoms with Crippen LogP contribution in [0, 0.1) is 0 Å². The van der Waals surface area contributed by atoms with Gasteiger partial charge < -0.3 is 56.3 Å². The maximum atomic E-state index is 10.4. The van der Waals surface area contributed by atoms with E-state index in [0.717, 1.165) is 40.8 Å². The summed E-state index contributed by atoms with van der Waals surface area (Å²) in [6.45, 7) is 0.638. The Labute approximate surface area is 331 Å². The van der Waals surface area contributed by atoms with Gasteiger partial charge in [-0.1, -0.05) is 96.5 Å². The molecular weight excluding hydrogens is 744 g/mol. The van der Waals surface area contributed by atoms with E-state index in [2.05, 4.69) is 0 Å². The van der Waals surface area contributed by atoms with Crippen LogP contribution in [0.5, 0.6) is 5.75 Å². The van der Waals surface area contributed by atoms with Crippen LogP contribution in [0.3, 0.4) is 0 Å². The molecule has 1 heterocycles. The SMILES string of the molecule is N[C@@H](Cc1ccccc1)C(=O)O.N[C@@H](Cc1ccccc1)C(=O)O.OC[C@H]1O[C@@H](c2ccc(Cl)c(Cc3ccc(OCCOC4CC4)cc3)c2)[C@H](O)[C@@H](O)[C@@H]1O. The van der Waals surface area contributed by atoms with Gasteiger partial charge in [0.15, 0.2) is 0 Å². The molecule has 10 N–H and O–H groups in total. The Morgan fingerprint density at radius 2 is 1.29 bits per heavy atom. The summed E-state index contributed by atoms with van der Waals surface area (Å²) in [5.74, 6) is -1.15. The number of hydrogen-bond acceptors (Lipinski definition) is 11. The largest absolute Gasteiger partial charge is 0.491 e. The fraction of sp³-hybridized carbons (Fsp3) is 0.381. The van der Waals surface area contributed by atoms with E-state index in [-0.39, 0.29) is 0 Å². The van der Waals surface area contributed by atoms with E-state index in [1.54, 1.807) is 12.1 Å². The Balaban J connectivity index is 0.000000236. The molecular formula is C42H51ClN2O11. The van der Waals surface area contributed by atoms with Crippen LogP contribution < -0.4 is 16.2 Å². The second kappa shape index (κ2) is 22.4. The second-order valence-corrected chi connectivity index (χ2v) is 14.0. The molecule has 2 aliphatic rings. The van der Waals surface area contributed by atoms with Crippen molar-refractivity contribution in [1.82, 2.24) is 0 Å². The lowest BCUT2D eigenvalue weighted by Gasteiger charge is -2.40. The molecule has 0 aromatic heterocycles. The first kappa shape index (κ1) is 44.3. The third kappa shape index (κ3) is 14.3. The topological polar surface area (TPSA) is 235 Å². The first-order valence-electron chi connectivity index (χ1n) is 18.3. The lowest BCUT2D eigenvalue weighted by Crippen LogP contribution is -2.55. The molecule has 56 heavy (non-hydrogen) atoms. The van der Waals surface area contributed by atoms with Gasteiger partial charge in [0.1, 0.15) is 55.0 Å². The third-order valence-corrected chi connectivity index (χ3v) is 9.44. The van der Waals surface area contributed by atoms with Crippen LogP contribution in [0.1, 0.15) is 46.8 Å². The van der Waals surface area contributed by atoms with Gasteiger partial charge in [-0.15, -0.1) is 0 Å². The smallest absolute Gasteiger partial charge is 0.320 e. The van der Waals surface area contributed by atoms with E-state index in [1.807, 2.05) is 91.0 Å². The summed E-state index contributed by atoms with van der Waals surface area (Å²) in [5, 5.41) is 57.5. The number of carboxylic acid groups (broad SMARTS) is 2. The van der Waals surface area contributed by atoms with E-state index < -0.39 is 61.1 Å². The number of rotatable bonds is 15. The maximum Gasteiger partial charge on any atom is 0.320 e.